The average molecular weight is 460 g/mol. The van der Waals surface area contributed by atoms with Crippen LogP contribution in [0, 0.1) is 0 Å². The van der Waals surface area contributed by atoms with Crippen LogP contribution in [0.1, 0.15) is 19.3 Å². The lowest BCUT2D eigenvalue weighted by Gasteiger charge is -2.37. The van der Waals surface area contributed by atoms with Crippen molar-refractivity contribution in [3.8, 4) is 0 Å². The Balaban J connectivity index is 1.42. The number of nitrogens with one attached hydrogen (secondary N) is 1. The van der Waals surface area contributed by atoms with Crippen LogP contribution in [0.5, 0.6) is 0 Å². The van der Waals surface area contributed by atoms with E-state index in [1.54, 1.807) is 11.0 Å². The third-order valence-corrected chi connectivity index (χ3v) is 6.16. The largest absolute Gasteiger partial charge is 0.384 e. The molecule has 2 fully saturated rings. The van der Waals surface area contributed by atoms with Gasteiger partial charge in [0.05, 0.1) is 5.52 Å². The van der Waals surface area contributed by atoms with E-state index in [9.17, 15) is 14.4 Å². The second kappa shape index (κ2) is 9.07. The van der Waals surface area contributed by atoms with E-state index in [4.69, 9.17) is 23.1 Å². The second-order valence-electron chi connectivity index (χ2n) is 8.03. The Morgan fingerprint density at radius 3 is 2.56 bits per heavy atom. The molecule has 0 bridgehead atoms. The van der Waals surface area contributed by atoms with Crippen LogP contribution in [0.3, 0.4) is 0 Å². The van der Waals surface area contributed by atoms with Crippen LogP contribution in [0.15, 0.2) is 24.3 Å². The summed E-state index contributed by atoms with van der Waals surface area (Å²) < 4.78 is 0. The Morgan fingerprint density at radius 2 is 1.84 bits per heavy atom. The maximum atomic E-state index is 12.8. The van der Waals surface area contributed by atoms with Gasteiger partial charge in [0.15, 0.2) is 0 Å². The number of imide groups is 1. The molecule has 10 nitrogen and oxygen atoms in total. The van der Waals surface area contributed by atoms with Crippen LogP contribution in [0.2, 0.25) is 5.02 Å². The van der Waals surface area contributed by atoms with Crippen LogP contribution in [-0.4, -0.2) is 71.5 Å². The van der Waals surface area contributed by atoms with E-state index in [0.29, 0.717) is 49.9 Å². The lowest BCUT2D eigenvalue weighted by Crippen LogP contribution is -2.57. The van der Waals surface area contributed by atoms with Gasteiger partial charge in [0, 0.05) is 54.9 Å². The number of likely N-dealkylation sites (tertiary alicyclic amines) is 1. The minimum absolute atomic E-state index is 0.285. The first-order chi connectivity index (χ1) is 15.3. The number of nitrogens with zero attached hydrogens (tertiary/aromatic N) is 4. The Labute approximate surface area is 190 Å². The topological polar surface area (TPSA) is 138 Å². The van der Waals surface area contributed by atoms with E-state index in [1.807, 2.05) is 18.2 Å². The lowest BCUT2D eigenvalue weighted by atomic mass is 10.1. The molecule has 0 unspecified atom stereocenters. The fourth-order valence-corrected chi connectivity index (χ4v) is 4.41. The van der Waals surface area contributed by atoms with Crippen LogP contribution < -0.4 is 21.7 Å². The summed E-state index contributed by atoms with van der Waals surface area (Å²) in [6, 6.07) is 5.49. The SMILES string of the molecule is NC(=O)N1CCCC[C@H](NC(=O)N2CCN(c3cc(N)nc4cc(Cl)ccc34)CC2)C1=O. The highest BCUT2D eigenvalue weighted by atomic mass is 35.5. The number of benzene rings is 1. The van der Waals surface area contributed by atoms with Gasteiger partial charge in [-0.2, -0.15) is 0 Å². The summed E-state index contributed by atoms with van der Waals surface area (Å²) in [7, 11) is 0. The molecular formula is C21H26ClN7O3. The minimum Gasteiger partial charge on any atom is -0.384 e. The van der Waals surface area contributed by atoms with E-state index in [2.05, 4.69) is 15.2 Å². The predicted octanol–water partition coefficient (Wildman–Crippen LogP) is 1.76. The van der Waals surface area contributed by atoms with Gasteiger partial charge in [-0.15, -0.1) is 0 Å². The number of anilines is 2. The molecule has 1 aromatic carbocycles. The van der Waals surface area contributed by atoms with Crippen molar-refractivity contribution in [2.24, 2.45) is 5.73 Å². The van der Waals surface area contributed by atoms with Crippen molar-refractivity contribution < 1.29 is 14.4 Å². The Bertz CT molecular complexity index is 1050. The highest BCUT2D eigenvalue weighted by Gasteiger charge is 2.32. The zero-order chi connectivity index (χ0) is 22.8. The number of carbonyl (C=O) groups excluding carboxylic acids is 3. The third kappa shape index (κ3) is 4.50. The van der Waals surface area contributed by atoms with Gasteiger partial charge >= 0.3 is 12.1 Å². The number of primary amides is 1. The number of piperazine rings is 1. The molecule has 0 radical (unpaired) electrons. The summed E-state index contributed by atoms with van der Waals surface area (Å²) in [5.41, 5.74) is 13.0. The van der Waals surface area contributed by atoms with Gasteiger partial charge in [0.25, 0.3) is 5.91 Å². The summed E-state index contributed by atoms with van der Waals surface area (Å²) in [5, 5.41) is 4.32. The third-order valence-electron chi connectivity index (χ3n) is 5.93. The molecule has 2 aromatic rings. The normalized spacial score (nSPS) is 19.7. The summed E-state index contributed by atoms with van der Waals surface area (Å²) in [4.78, 5) is 46.1. The van der Waals surface area contributed by atoms with Gasteiger partial charge < -0.3 is 26.6 Å². The molecular weight excluding hydrogens is 434 g/mol. The van der Waals surface area contributed by atoms with Crippen molar-refractivity contribution in [2.75, 3.05) is 43.4 Å². The minimum atomic E-state index is -0.782. The maximum absolute atomic E-state index is 12.8. The molecule has 1 aromatic heterocycles. The molecule has 32 heavy (non-hydrogen) atoms. The van der Waals surface area contributed by atoms with Crippen molar-refractivity contribution >= 4 is 52.0 Å². The monoisotopic (exact) mass is 459 g/mol. The van der Waals surface area contributed by atoms with E-state index < -0.39 is 18.0 Å². The van der Waals surface area contributed by atoms with Crippen molar-refractivity contribution in [3.63, 3.8) is 0 Å². The number of halogens is 1. The van der Waals surface area contributed by atoms with Crippen LogP contribution in [0.25, 0.3) is 10.9 Å². The molecule has 2 aliphatic rings. The fraction of sp³-hybridized carbons (Fsp3) is 0.429. The Morgan fingerprint density at radius 1 is 1.09 bits per heavy atom. The van der Waals surface area contributed by atoms with Gasteiger partial charge in [-0.25, -0.2) is 14.6 Å². The summed E-state index contributed by atoms with van der Waals surface area (Å²) in [5.74, 6) is -0.0415. The van der Waals surface area contributed by atoms with Crippen molar-refractivity contribution in [1.29, 1.82) is 0 Å². The van der Waals surface area contributed by atoms with E-state index in [1.165, 1.54) is 0 Å². The number of hydrogen-bond acceptors (Lipinski definition) is 6. The maximum Gasteiger partial charge on any atom is 0.321 e. The molecule has 2 aliphatic heterocycles. The molecule has 4 rings (SSSR count). The zero-order valence-corrected chi connectivity index (χ0v) is 18.3. The number of rotatable bonds is 2. The first kappa shape index (κ1) is 21.9. The molecule has 5 amide bonds. The van der Waals surface area contributed by atoms with Gasteiger partial charge in [-0.05, 0) is 37.5 Å². The highest BCUT2D eigenvalue weighted by Crippen LogP contribution is 2.30. The molecule has 5 N–H and O–H groups in total. The molecule has 0 aliphatic carbocycles. The number of nitrogen functional groups attached to an aromatic ring is 1. The van der Waals surface area contributed by atoms with Crippen molar-refractivity contribution in [3.05, 3.63) is 29.3 Å². The summed E-state index contributed by atoms with van der Waals surface area (Å²) in [6.07, 6.45) is 1.89. The van der Waals surface area contributed by atoms with Gasteiger partial charge in [0.1, 0.15) is 11.9 Å². The number of hydrogen-bond donors (Lipinski definition) is 3. The molecule has 0 spiro atoms. The number of carbonyl (C=O) groups is 3. The number of amides is 5. The Hall–Kier alpha value is -3.27. The first-order valence-electron chi connectivity index (χ1n) is 10.6. The van der Waals surface area contributed by atoms with Crippen LogP contribution in [-0.2, 0) is 4.79 Å². The standard InChI is InChI=1S/C21H26ClN7O3/c22-13-4-5-14-16(11-13)25-18(23)12-17(14)27-7-9-28(10-8-27)21(32)26-15-3-1-2-6-29(19(15)30)20(24)31/h4-5,11-12,15H,1-3,6-10H2,(H2,23,25)(H2,24,31)(H,26,32)/t15-/m0/s1. The quantitative estimate of drug-likeness (QED) is 0.625. The smallest absolute Gasteiger partial charge is 0.321 e. The van der Waals surface area contributed by atoms with Crippen molar-refractivity contribution in [2.45, 2.75) is 25.3 Å². The van der Waals surface area contributed by atoms with E-state index in [0.717, 1.165) is 27.9 Å². The molecule has 3 heterocycles. The number of aromatic nitrogens is 1. The number of fused-ring (bicyclic) bond motifs is 1. The molecule has 1 atom stereocenters. The second-order valence-corrected chi connectivity index (χ2v) is 8.46. The average Bonchev–Trinajstić information content (AvgIpc) is 2.94. The van der Waals surface area contributed by atoms with Gasteiger partial charge in [0.2, 0.25) is 0 Å². The van der Waals surface area contributed by atoms with Crippen molar-refractivity contribution in [1.82, 2.24) is 20.1 Å². The number of urea groups is 2. The molecule has 2 saturated heterocycles. The van der Waals surface area contributed by atoms with Gasteiger partial charge in [-0.3, -0.25) is 9.69 Å². The van der Waals surface area contributed by atoms with Gasteiger partial charge in [-0.1, -0.05) is 11.6 Å². The lowest BCUT2D eigenvalue weighted by molar-refractivity contribution is -0.129. The highest BCUT2D eigenvalue weighted by molar-refractivity contribution is 6.31. The first-order valence-corrected chi connectivity index (χ1v) is 11.0. The van der Waals surface area contributed by atoms with E-state index in [-0.39, 0.29) is 12.6 Å². The predicted molar refractivity (Wildman–Crippen MR) is 122 cm³/mol. The number of pyridine rings is 1. The zero-order valence-electron chi connectivity index (χ0n) is 17.6. The molecule has 11 heteroatoms. The molecule has 0 saturated carbocycles. The van der Waals surface area contributed by atoms with E-state index >= 15 is 0 Å². The fourth-order valence-electron chi connectivity index (χ4n) is 4.25. The van der Waals surface area contributed by atoms with Crippen LogP contribution in [0.4, 0.5) is 21.1 Å². The number of nitrogens with two attached hydrogens (primary N) is 2. The van der Waals surface area contributed by atoms with Crippen LogP contribution >= 0.6 is 11.6 Å². The molecule has 170 valence electrons. The summed E-state index contributed by atoms with van der Waals surface area (Å²) in [6.45, 7) is 2.43. The summed E-state index contributed by atoms with van der Waals surface area (Å²) >= 11 is 6.09. The Kier molecular flexibility index (Phi) is 6.22.